The van der Waals surface area contributed by atoms with Crippen LogP contribution < -0.4 is 10.2 Å². The molecule has 5 rings (SSSR count). The van der Waals surface area contributed by atoms with Gasteiger partial charge in [-0.25, -0.2) is 0 Å². The van der Waals surface area contributed by atoms with Gasteiger partial charge in [0.05, 0.1) is 5.69 Å². The molecule has 0 saturated heterocycles. The van der Waals surface area contributed by atoms with E-state index in [-0.39, 0.29) is 30.7 Å². The second-order valence-electron chi connectivity index (χ2n) is 10.7. The Morgan fingerprint density at radius 2 is 1.62 bits per heavy atom. The van der Waals surface area contributed by atoms with Crippen molar-refractivity contribution in [1.29, 1.82) is 0 Å². The average molecular weight is 582 g/mol. The zero-order valence-corrected chi connectivity index (χ0v) is 24.6. The van der Waals surface area contributed by atoms with E-state index in [9.17, 15) is 14.4 Å². The van der Waals surface area contributed by atoms with Crippen molar-refractivity contribution in [2.24, 2.45) is 0 Å². The van der Waals surface area contributed by atoms with Crippen LogP contribution in [-0.4, -0.2) is 41.8 Å². The molecule has 7 heteroatoms. The highest BCUT2D eigenvalue weighted by atomic mass is 35.5. The first kappa shape index (κ1) is 29.3. The maximum absolute atomic E-state index is 14.0. The van der Waals surface area contributed by atoms with Gasteiger partial charge in [-0.1, -0.05) is 91.7 Å². The van der Waals surface area contributed by atoms with Gasteiger partial charge in [0.1, 0.15) is 6.04 Å². The van der Waals surface area contributed by atoms with E-state index in [4.69, 9.17) is 11.6 Å². The van der Waals surface area contributed by atoms with Crippen molar-refractivity contribution in [2.45, 2.75) is 51.6 Å². The van der Waals surface area contributed by atoms with E-state index in [0.717, 1.165) is 40.4 Å². The Morgan fingerprint density at radius 1 is 0.881 bits per heavy atom. The second-order valence-corrected chi connectivity index (χ2v) is 11.2. The SMILES string of the molecule is CCCCNC(=O)[C@@H](Cc1ccccc1)N(Cc1ccc(Cl)cc1)C(=O)CCCN1C(=O)c2cccc3cccc1c23. The van der Waals surface area contributed by atoms with Gasteiger partial charge in [0, 0.05) is 48.4 Å². The Bertz CT molecular complexity index is 1550. The highest BCUT2D eigenvalue weighted by Crippen LogP contribution is 2.37. The predicted molar refractivity (Wildman–Crippen MR) is 169 cm³/mol. The first-order valence-corrected chi connectivity index (χ1v) is 15.0. The molecule has 0 bridgehead atoms. The summed E-state index contributed by atoms with van der Waals surface area (Å²) in [6, 6.07) is 28.2. The molecule has 1 aliphatic rings. The smallest absolute Gasteiger partial charge is 0.258 e. The zero-order valence-electron chi connectivity index (χ0n) is 23.9. The number of halogens is 1. The van der Waals surface area contributed by atoms with Crippen molar-refractivity contribution in [3.05, 3.63) is 113 Å². The molecule has 1 N–H and O–H groups in total. The molecule has 3 amide bonds. The molecule has 0 saturated carbocycles. The zero-order chi connectivity index (χ0) is 29.5. The minimum atomic E-state index is -0.682. The van der Waals surface area contributed by atoms with E-state index in [1.165, 1.54) is 0 Å². The fourth-order valence-electron chi connectivity index (χ4n) is 5.58. The quantitative estimate of drug-likeness (QED) is 0.177. The number of hydrogen-bond donors (Lipinski definition) is 1. The van der Waals surface area contributed by atoms with E-state index in [0.29, 0.717) is 36.5 Å². The Labute approximate surface area is 252 Å². The number of unbranched alkanes of at least 4 members (excludes halogenated alkanes) is 1. The molecule has 6 nitrogen and oxygen atoms in total. The van der Waals surface area contributed by atoms with Crippen molar-refractivity contribution < 1.29 is 14.4 Å². The van der Waals surface area contributed by atoms with Crippen molar-refractivity contribution in [2.75, 3.05) is 18.0 Å². The minimum Gasteiger partial charge on any atom is -0.354 e. The standard InChI is InChI=1S/C35H36ClN3O3/c1-2-3-21-37-34(41)31(23-25-10-5-4-6-11-25)39(24-26-17-19-28(36)20-18-26)32(40)16-9-22-38-30-15-8-13-27-12-7-14-29(33(27)30)35(38)42/h4-8,10-15,17-20,31H,2-3,9,16,21-24H2,1H3,(H,37,41)/t31-/m1/s1. The first-order valence-electron chi connectivity index (χ1n) is 14.7. The van der Waals surface area contributed by atoms with Gasteiger partial charge >= 0.3 is 0 Å². The summed E-state index contributed by atoms with van der Waals surface area (Å²) in [6.07, 6.45) is 2.91. The van der Waals surface area contributed by atoms with Crippen LogP contribution in [0.4, 0.5) is 5.69 Å². The van der Waals surface area contributed by atoms with Crippen LogP contribution in [0.25, 0.3) is 10.8 Å². The predicted octanol–water partition coefficient (Wildman–Crippen LogP) is 6.79. The number of rotatable bonds is 13. The minimum absolute atomic E-state index is 0.0375. The van der Waals surface area contributed by atoms with Crippen LogP contribution in [0.3, 0.4) is 0 Å². The molecule has 0 aliphatic carbocycles. The summed E-state index contributed by atoms with van der Waals surface area (Å²) < 4.78 is 0. The first-order chi connectivity index (χ1) is 20.5. The second kappa shape index (κ2) is 13.7. The van der Waals surface area contributed by atoms with Gasteiger partial charge in [-0.15, -0.1) is 0 Å². The van der Waals surface area contributed by atoms with Crippen LogP contribution in [-0.2, 0) is 22.6 Å². The topological polar surface area (TPSA) is 69.7 Å². The van der Waals surface area contributed by atoms with Crippen LogP contribution >= 0.6 is 11.6 Å². The summed E-state index contributed by atoms with van der Waals surface area (Å²) in [6.45, 7) is 3.34. The highest BCUT2D eigenvalue weighted by Gasteiger charge is 2.32. The molecule has 0 fully saturated rings. The summed E-state index contributed by atoms with van der Waals surface area (Å²) in [5.74, 6) is -0.324. The highest BCUT2D eigenvalue weighted by molar-refractivity contribution is 6.30. The third-order valence-corrected chi connectivity index (χ3v) is 8.04. The molecule has 1 heterocycles. The maximum Gasteiger partial charge on any atom is 0.258 e. The van der Waals surface area contributed by atoms with Gasteiger partial charge < -0.3 is 15.1 Å². The Kier molecular flexibility index (Phi) is 9.55. The van der Waals surface area contributed by atoms with E-state index >= 15 is 0 Å². The van der Waals surface area contributed by atoms with Crippen molar-refractivity contribution in [3.8, 4) is 0 Å². The molecule has 4 aromatic rings. The summed E-state index contributed by atoms with van der Waals surface area (Å²) in [7, 11) is 0. The van der Waals surface area contributed by atoms with E-state index < -0.39 is 6.04 Å². The van der Waals surface area contributed by atoms with Crippen LogP contribution in [0.5, 0.6) is 0 Å². The number of anilines is 1. The molecule has 0 unspecified atom stereocenters. The Morgan fingerprint density at radius 3 is 2.36 bits per heavy atom. The molecule has 1 atom stereocenters. The number of nitrogens with one attached hydrogen (secondary N) is 1. The lowest BCUT2D eigenvalue weighted by atomic mass is 10.0. The third-order valence-electron chi connectivity index (χ3n) is 7.79. The van der Waals surface area contributed by atoms with Crippen LogP contribution in [0, 0.1) is 0 Å². The lowest BCUT2D eigenvalue weighted by molar-refractivity contribution is -0.141. The van der Waals surface area contributed by atoms with Gasteiger partial charge in [0.25, 0.3) is 5.91 Å². The van der Waals surface area contributed by atoms with Crippen molar-refractivity contribution in [3.63, 3.8) is 0 Å². The normalized spacial score (nSPS) is 12.9. The molecule has 0 radical (unpaired) electrons. The van der Waals surface area contributed by atoms with Gasteiger partial charge in [-0.3, -0.25) is 14.4 Å². The monoisotopic (exact) mass is 581 g/mol. The van der Waals surface area contributed by atoms with Crippen molar-refractivity contribution >= 4 is 45.8 Å². The summed E-state index contributed by atoms with van der Waals surface area (Å²) >= 11 is 6.13. The van der Waals surface area contributed by atoms with Crippen LogP contribution in [0.1, 0.15) is 54.1 Å². The van der Waals surface area contributed by atoms with Gasteiger partial charge in [-0.05, 0) is 53.6 Å². The third kappa shape index (κ3) is 6.66. The average Bonchev–Trinajstić information content (AvgIpc) is 3.28. The molecule has 1 aliphatic heterocycles. The van der Waals surface area contributed by atoms with Crippen LogP contribution in [0.15, 0.2) is 91.0 Å². The molecule has 4 aromatic carbocycles. The number of benzene rings is 4. The van der Waals surface area contributed by atoms with E-state index in [1.807, 2.05) is 78.9 Å². The Hall–Kier alpha value is -4.16. The molecular formula is C35H36ClN3O3. The van der Waals surface area contributed by atoms with Crippen LogP contribution in [0.2, 0.25) is 5.02 Å². The number of carbonyl (C=O) groups is 3. The fourth-order valence-corrected chi connectivity index (χ4v) is 5.71. The van der Waals surface area contributed by atoms with Crippen molar-refractivity contribution in [1.82, 2.24) is 10.2 Å². The van der Waals surface area contributed by atoms with Gasteiger partial charge in [0.2, 0.25) is 11.8 Å². The van der Waals surface area contributed by atoms with E-state index in [2.05, 4.69) is 12.2 Å². The van der Waals surface area contributed by atoms with Gasteiger partial charge in [-0.2, -0.15) is 0 Å². The number of hydrogen-bond acceptors (Lipinski definition) is 3. The van der Waals surface area contributed by atoms with Gasteiger partial charge in [0.15, 0.2) is 0 Å². The number of carbonyl (C=O) groups excluding carboxylic acids is 3. The molecular weight excluding hydrogens is 546 g/mol. The maximum atomic E-state index is 14.0. The fraction of sp³-hybridized carbons (Fsp3) is 0.286. The summed E-state index contributed by atoms with van der Waals surface area (Å²) in [4.78, 5) is 44.3. The lowest BCUT2D eigenvalue weighted by Gasteiger charge is -2.32. The Balaban J connectivity index is 1.36. The molecule has 0 spiro atoms. The van der Waals surface area contributed by atoms with E-state index in [1.54, 1.807) is 21.9 Å². The number of amides is 3. The molecule has 0 aromatic heterocycles. The number of nitrogens with zero attached hydrogens (tertiary/aromatic N) is 2. The molecule has 216 valence electrons. The summed E-state index contributed by atoms with van der Waals surface area (Å²) in [5, 5.41) is 5.66. The molecule has 42 heavy (non-hydrogen) atoms. The largest absolute Gasteiger partial charge is 0.354 e. The lowest BCUT2D eigenvalue weighted by Crippen LogP contribution is -2.50. The summed E-state index contributed by atoms with van der Waals surface area (Å²) in [5.41, 5.74) is 3.46.